The number of carbonyl (C=O) groups excluding carboxylic acids is 1. The number of likely N-dealkylation sites (N-methyl/N-ethyl adjacent to an activating group) is 1. The van der Waals surface area contributed by atoms with Gasteiger partial charge in [-0.25, -0.2) is 15.0 Å². The van der Waals surface area contributed by atoms with Crippen molar-refractivity contribution in [2.45, 2.75) is 6.54 Å². The minimum atomic E-state index is -0.152. The Kier molecular flexibility index (Phi) is 7.06. The number of hydrogen-bond acceptors (Lipinski definition) is 7. The highest BCUT2D eigenvalue weighted by Crippen LogP contribution is 2.22. The first-order valence-electron chi connectivity index (χ1n) is 10.7. The number of aromatic nitrogens is 3. The summed E-state index contributed by atoms with van der Waals surface area (Å²) in [6.45, 7) is 1.75. The largest absolute Gasteiger partial charge is 0.476 e. The zero-order valence-electron chi connectivity index (χ0n) is 18.7. The number of nitrogens with one attached hydrogen (secondary N) is 2. The summed E-state index contributed by atoms with van der Waals surface area (Å²) in [6.07, 6.45) is 3.22. The topological polar surface area (TPSA) is 92.3 Å². The van der Waals surface area contributed by atoms with Gasteiger partial charge in [0.05, 0.1) is 5.52 Å². The number of rotatable bonds is 9. The van der Waals surface area contributed by atoms with Crippen LogP contribution in [0.5, 0.6) is 5.88 Å². The summed E-state index contributed by atoms with van der Waals surface area (Å²) < 4.78 is 5.66. The van der Waals surface area contributed by atoms with Gasteiger partial charge in [0.2, 0.25) is 5.88 Å². The minimum absolute atomic E-state index is 0.152. The lowest BCUT2D eigenvalue weighted by Crippen LogP contribution is -2.23. The predicted molar refractivity (Wildman–Crippen MR) is 129 cm³/mol. The fourth-order valence-corrected chi connectivity index (χ4v) is 3.20. The standard InChI is InChI=1S/C25H26N6O2/c1-31(2)13-14-33-23-15-18(11-12-26-23)16-27-25(32)19-7-9-20(10-8-19)30-24-21-5-3-4-6-22(21)28-17-29-24/h3-12,15,17H,13-14,16H2,1-2H3,(H,27,32)(H,28,29,30). The molecule has 0 aliphatic heterocycles. The molecule has 0 unspecified atom stereocenters. The maximum atomic E-state index is 12.6. The van der Waals surface area contributed by atoms with E-state index in [4.69, 9.17) is 4.74 Å². The zero-order valence-corrected chi connectivity index (χ0v) is 18.7. The number of anilines is 2. The Morgan fingerprint density at radius 2 is 1.82 bits per heavy atom. The van der Waals surface area contributed by atoms with E-state index in [0.29, 0.717) is 24.6 Å². The second-order valence-corrected chi connectivity index (χ2v) is 7.78. The first-order valence-corrected chi connectivity index (χ1v) is 10.7. The van der Waals surface area contributed by atoms with Crippen LogP contribution < -0.4 is 15.4 Å². The van der Waals surface area contributed by atoms with E-state index >= 15 is 0 Å². The van der Waals surface area contributed by atoms with Crippen molar-refractivity contribution in [2.75, 3.05) is 32.6 Å². The minimum Gasteiger partial charge on any atom is -0.476 e. The summed E-state index contributed by atoms with van der Waals surface area (Å²) in [5.41, 5.74) is 3.20. The van der Waals surface area contributed by atoms with E-state index in [2.05, 4.69) is 25.6 Å². The summed E-state index contributed by atoms with van der Waals surface area (Å²) in [5, 5.41) is 7.17. The second-order valence-electron chi connectivity index (χ2n) is 7.78. The summed E-state index contributed by atoms with van der Waals surface area (Å²) in [4.78, 5) is 27.5. The van der Waals surface area contributed by atoms with Crippen molar-refractivity contribution in [3.8, 4) is 5.88 Å². The molecule has 0 radical (unpaired) electrons. The SMILES string of the molecule is CN(C)CCOc1cc(CNC(=O)c2ccc(Nc3ncnc4ccccc34)cc2)ccn1. The number of carbonyl (C=O) groups is 1. The average molecular weight is 443 g/mol. The highest BCUT2D eigenvalue weighted by molar-refractivity contribution is 5.95. The molecule has 0 saturated carbocycles. The third-order valence-electron chi connectivity index (χ3n) is 4.99. The number of hydrogen-bond donors (Lipinski definition) is 2. The molecule has 4 aromatic rings. The van der Waals surface area contributed by atoms with E-state index in [1.54, 1.807) is 18.3 Å². The first kappa shape index (κ1) is 22.2. The van der Waals surface area contributed by atoms with Gasteiger partial charge in [-0.2, -0.15) is 0 Å². The molecule has 0 spiro atoms. The van der Waals surface area contributed by atoms with Crippen LogP contribution in [0.3, 0.4) is 0 Å². The van der Waals surface area contributed by atoms with Crippen LogP contribution in [0.2, 0.25) is 0 Å². The monoisotopic (exact) mass is 442 g/mol. The molecule has 8 nitrogen and oxygen atoms in total. The molecule has 0 aliphatic carbocycles. The molecular weight excluding hydrogens is 416 g/mol. The Bertz CT molecular complexity index is 1220. The van der Waals surface area contributed by atoms with Crippen LogP contribution in [0.25, 0.3) is 10.9 Å². The van der Waals surface area contributed by atoms with E-state index < -0.39 is 0 Å². The molecule has 168 valence electrons. The van der Waals surface area contributed by atoms with Crippen molar-refractivity contribution in [2.24, 2.45) is 0 Å². The van der Waals surface area contributed by atoms with Crippen molar-refractivity contribution >= 4 is 28.3 Å². The molecule has 0 bridgehead atoms. The number of amides is 1. The summed E-state index contributed by atoms with van der Waals surface area (Å²) in [5.74, 6) is 1.12. The van der Waals surface area contributed by atoms with Crippen molar-refractivity contribution in [1.82, 2.24) is 25.2 Å². The fraction of sp³-hybridized carbons (Fsp3) is 0.200. The van der Waals surface area contributed by atoms with Crippen LogP contribution in [0.1, 0.15) is 15.9 Å². The molecule has 2 heterocycles. The van der Waals surface area contributed by atoms with Gasteiger partial charge in [0.1, 0.15) is 18.8 Å². The van der Waals surface area contributed by atoms with Crippen molar-refractivity contribution in [3.05, 3.63) is 84.3 Å². The number of nitrogens with zero attached hydrogens (tertiary/aromatic N) is 4. The van der Waals surface area contributed by atoms with Crippen molar-refractivity contribution < 1.29 is 9.53 Å². The molecule has 2 aromatic carbocycles. The van der Waals surface area contributed by atoms with E-state index in [9.17, 15) is 4.79 Å². The van der Waals surface area contributed by atoms with Crippen LogP contribution in [-0.4, -0.2) is 53.0 Å². The van der Waals surface area contributed by atoms with E-state index in [0.717, 1.165) is 34.5 Å². The molecule has 0 fully saturated rings. The van der Waals surface area contributed by atoms with E-state index in [-0.39, 0.29) is 5.91 Å². The van der Waals surface area contributed by atoms with Gasteiger partial charge >= 0.3 is 0 Å². The third-order valence-corrected chi connectivity index (χ3v) is 4.99. The van der Waals surface area contributed by atoms with Gasteiger partial charge in [-0.05, 0) is 62.1 Å². The molecule has 2 N–H and O–H groups in total. The first-order chi connectivity index (χ1) is 16.1. The fourth-order valence-electron chi connectivity index (χ4n) is 3.20. The second kappa shape index (κ2) is 10.5. The van der Waals surface area contributed by atoms with Gasteiger partial charge in [0.15, 0.2) is 0 Å². The molecule has 0 aliphatic rings. The molecule has 4 rings (SSSR count). The number of benzene rings is 2. The van der Waals surface area contributed by atoms with Crippen LogP contribution in [0.4, 0.5) is 11.5 Å². The van der Waals surface area contributed by atoms with Crippen LogP contribution in [-0.2, 0) is 6.54 Å². The highest BCUT2D eigenvalue weighted by Gasteiger charge is 2.08. The smallest absolute Gasteiger partial charge is 0.251 e. The Balaban J connectivity index is 1.34. The summed E-state index contributed by atoms with van der Waals surface area (Å²) in [7, 11) is 3.98. The van der Waals surface area contributed by atoms with Gasteiger partial charge in [-0.1, -0.05) is 12.1 Å². The number of fused-ring (bicyclic) bond motifs is 1. The van der Waals surface area contributed by atoms with Crippen LogP contribution in [0, 0.1) is 0 Å². The van der Waals surface area contributed by atoms with E-state index in [1.807, 2.05) is 67.5 Å². The molecular formula is C25H26N6O2. The Morgan fingerprint density at radius 1 is 1.00 bits per heavy atom. The van der Waals surface area contributed by atoms with Gasteiger partial charge in [-0.3, -0.25) is 4.79 Å². The van der Waals surface area contributed by atoms with Gasteiger partial charge in [0, 0.05) is 42.0 Å². The van der Waals surface area contributed by atoms with Crippen LogP contribution >= 0.6 is 0 Å². The molecule has 0 atom stereocenters. The molecule has 33 heavy (non-hydrogen) atoms. The van der Waals surface area contributed by atoms with Crippen molar-refractivity contribution in [1.29, 1.82) is 0 Å². The van der Waals surface area contributed by atoms with Crippen LogP contribution in [0.15, 0.2) is 73.2 Å². The highest BCUT2D eigenvalue weighted by atomic mass is 16.5. The van der Waals surface area contributed by atoms with E-state index in [1.165, 1.54) is 6.33 Å². The number of ether oxygens (including phenoxy) is 1. The van der Waals surface area contributed by atoms with Gasteiger partial charge < -0.3 is 20.3 Å². The predicted octanol–water partition coefficient (Wildman–Crippen LogP) is 3.64. The Morgan fingerprint density at radius 3 is 2.64 bits per heavy atom. The summed E-state index contributed by atoms with van der Waals surface area (Å²) in [6, 6.07) is 18.8. The lowest BCUT2D eigenvalue weighted by atomic mass is 10.1. The van der Waals surface area contributed by atoms with Gasteiger partial charge in [-0.15, -0.1) is 0 Å². The lowest BCUT2D eigenvalue weighted by molar-refractivity contribution is 0.0951. The summed E-state index contributed by atoms with van der Waals surface area (Å²) >= 11 is 0. The van der Waals surface area contributed by atoms with Gasteiger partial charge in [0.25, 0.3) is 5.91 Å². The number of para-hydroxylation sites is 1. The Labute approximate surface area is 192 Å². The third kappa shape index (κ3) is 6.02. The normalized spacial score (nSPS) is 10.9. The molecule has 8 heteroatoms. The molecule has 0 saturated heterocycles. The van der Waals surface area contributed by atoms with Crippen molar-refractivity contribution in [3.63, 3.8) is 0 Å². The Hall–Kier alpha value is -4.04. The lowest BCUT2D eigenvalue weighted by Gasteiger charge is -2.11. The average Bonchev–Trinajstić information content (AvgIpc) is 2.83. The zero-order chi connectivity index (χ0) is 23.0. The number of pyridine rings is 1. The maximum absolute atomic E-state index is 12.6. The quantitative estimate of drug-likeness (QED) is 0.409. The molecule has 1 amide bonds. The maximum Gasteiger partial charge on any atom is 0.251 e. The molecule has 2 aromatic heterocycles.